The number of methoxy groups -OCH3 is 1. The lowest BCUT2D eigenvalue weighted by molar-refractivity contribution is -0.131. The number of rotatable bonds is 6. The lowest BCUT2D eigenvalue weighted by Gasteiger charge is -2.43. The molecule has 0 bridgehead atoms. The van der Waals surface area contributed by atoms with Gasteiger partial charge in [0.1, 0.15) is 23.4 Å². The minimum Gasteiger partial charge on any atom is -0.478 e. The van der Waals surface area contributed by atoms with Gasteiger partial charge in [-0.05, 0) is 45.6 Å². The van der Waals surface area contributed by atoms with Crippen LogP contribution in [0.4, 0.5) is 4.79 Å². The summed E-state index contributed by atoms with van der Waals surface area (Å²) >= 11 is 0. The Kier molecular flexibility index (Phi) is 5.45. The quantitative estimate of drug-likeness (QED) is 0.399. The lowest BCUT2D eigenvalue weighted by Crippen LogP contribution is -2.57. The molecule has 1 spiro atoms. The van der Waals surface area contributed by atoms with Gasteiger partial charge in [0.25, 0.3) is 0 Å². The van der Waals surface area contributed by atoms with E-state index >= 15 is 0 Å². The maximum absolute atomic E-state index is 12.6. The second kappa shape index (κ2) is 7.66. The number of hydrogen-bond acceptors (Lipinski definition) is 6. The molecule has 4 rings (SSSR count). The smallest absolute Gasteiger partial charge is 0.410 e. The summed E-state index contributed by atoms with van der Waals surface area (Å²) < 4.78 is 23.8. The highest BCUT2D eigenvalue weighted by Gasteiger charge is 2.72. The zero-order chi connectivity index (χ0) is 21.7. The summed E-state index contributed by atoms with van der Waals surface area (Å²) in [7, 11) is 1.65. The zero-order valence-corrected chi connectivity index (χ0v) is 18.1. The number of carbonyl (C=O) groups excluding carboxylic acids is 1. The molecule has 3 aliphatic heterocycles. The summed E-state index contributed by atoms with van der Waals surface area (Å²) in [4.78, 5) is 24.8. The Morgan fingerprint density at radius 2 is 2.03 bits per heavy atom. The van der Waals surface area contributed by atoms with Crippen molar-refractivity contribution >= 4 is 12.1 Å². The predicted molar refractivity (Wildman–Crippen MR) is 107 cm³/mol. The van der Waals surface area contributed by atoms with E-state index in [9.17, 15) is 9.59 Å². The molecule has 1 amide bonds. The Bertz CT molecular complexity index is 774. The average Bonchev–Trinajstić information content (AvgIpc) is 3.55. The van der Waals surface area contributed by atoms with E-state index in [0.29, 0.717) is 18.6 Å². The van der Waals surface area contributed by atoms with Crippen LogP contribution in [-0.2, 0) is 23.7 Å². The molecule has 0 radical (unpaired) electrons. The van der Waals surface area contributed by atoms with Gasteiger partial charge in [0.15, 0.2) is 0 Å². The Morgan fingerprint density at radius 1 is 1.33 bits per heavy atom. The molecule has 3 heterocycles. The summed E-state index contributed by atoms with van der Waals surface area (Å²) in [6.45, 7) is 7.52. The molecule has 4 fully saturated rings. The highest BCUT2D eigenvalue weighted by atomic mass is 16.6. The first kappa shape index (κ1) is 21.3. The molecule has 0 aromatic carbocycles. The van der Waals surface area contributed by atoms with Gasteiger partial charge >= 0.3 is 12.1 Å². The summed E-state index contributed by atoms with van der Waals surface area (Å²) in [6, 6.07) is 0. The highest BCUT2D eigenvalue weighted by molar-refractivity contribution is 5.82. The number of likely N-dealkylation sites (tertiary alicyclic amines) is 1. The van der Waals surface area contributed by atoms with Crippen LogP contribution in [0.25, 0.3) is 0 Å². The standard InChI is InChI=1S/C22H31NO7/c1-13(2)5-6-16-21(3,30-16)19-18(27-4)15(7-8-22(19)12-28-22)29-20(26)23-10-14(11-23)9-17(24)25/h5,9,15-16,18-19H,6-8,10-12H2,1-4H3,(H,24,25)/t15-,16?,18-,19-,21+,22+/m1/s1. The van der Waals surface area contributed by atoms with Gasteiger partial charge in [0.05, 0.1) is 18.6 Å². The molecule has 1 N–H and O–H groups in total. The van der Waals surface area contributed by atoms with Crippen molar-refractivity contribution in [2.24, 2.45) is 5.92 Å². The predicted octanol–water partition coefficient (Wildman–Crippen LogP) is 2.53. The molecular formula is C22H31NO7. The third-order valence-corrected chi connectivity index (χ3v) is 6.86. The van der Waals surface area contributed by atoms with Crippen LogP contribution in [0.15, 0.2) is 23.3 Å². The first-order chi connectivity index (χ1) is 14.2. The number of nitrogens with zero attached hydrogens (tertiary/aromatic N) is 1. The van der Waals surface area contributed by atoms with Gasteiger partial charge in [0.2, 0.25) is 0 Å². The lowest BCUT2D eigenvalue weighted by atomic mass is 9.68. The maximum atomic E-state index is 12.6. The van der Waals surface area contributed by atoms with Gasteiger partial charge in [-0.2, -0.15) is 0 Å². The fraction of sp³-hybridized carbons (Fsp3) is 0.727. The molecule has 6 atom stereocenters. The summed E-state index contributed by atoms with van der Waals surface area (Å²) in [5.41, 5.74) is 1.33. The van der Waals surface area contributed by atoms with Gasteiger partial charge < -0.3 is 29.0 Å². The summed E-state index contributed by atoms with van der Waals surface area (Å²) in [5.74, 6) is -1.02. The number of epoxide rings is 2. The second-order valence-corrected chi connectivity index (χ2v) is 9.30. The van der Waals surface area contributed by atoms with Crippen molar-refractivity contribution in [1.29, 1.82) is 0 Å². The third-order valence-electron chi connectivity index (χ3n) is 6.86. The van der Waals surface area contributed by atoms with E-state index < -0.39 is 12.1 Å². The number of carboxylic acid groups (broad SMARTS) is 1. The Hall–Kier alpha value is -1.90. The van der Waals surface area contributed by atoms with Crippen LogP contribution in [0.3, 0.4) is 0 Å². The molecule has 8 heteroatoms. The van der Waals surface area contributed by atoms with Gasteiger partial charge in [-0.15, -0.1) is 0 Å². The van der Waals surface area contributed by atoms with Crippen LogP contribution in [0.5, 0.6) is 0 Å². The molecule has 4 aliphatic rings. The number of aliphatic carboxylic acids is 1. The fourth-order valence-electron chi connectivity index (χ4n) is 5.11. The van der Waals surface area contributed by atoms with Crippen LogP contribution in [-0.4, -0.2) is 78.4 Å². The van der Waals surface area contributed by atoms with E-state index in [1.54, 1.807) is 7.11 Å². The molecule has 1 saturated carbocycles. The molecule has 3 saturated heterocycles. The largest absolute Gasteiger partial charge is 0.478 e. The van der Waals surface area contributed by atoms with Gasteiger partial charge in [-0.25, -0.2) is 9.59 Å². The van der Waals surface area contributed by atoms with Crippen molar-refractivity contribution < 1.29 is 33.6 Å². The number of allylic oxidation sites excluding steroid dienone is 1. The van der Waals surface area contributed by atoms with Crippen LogP contribution >= 0.6 is 0 Å². The number of hydrogen-bond donors (Lipinski definition) is 1. The first-order valence-electron chi connectivity index (χ1n) is 10.5. The van der Waals surface area contributed by atoms with Crippen LogP contribution in [0.1, 0.15) is 40.0 Å². The zero-order valence-electron chi connectivity index (χ0n) is 18.1. The van der Waals surface area contributed by atoms with Gasteiger partial charge in [0, 0.05) is 26.3 Å². The highest BCUT2D eigenvalue weighted by Crippen LogP contribution is 2.59. The van der Waals surface area contributed by atoms with Crippen LogP contribution < -0.4 is 0 Å². The van der Waals surface area contributed by atoms with Gasteiger partial charge in [-0.1, -0.05) is 11.6 Å². The maximum Gasteiger partial charge on any atom is 0.410 e. The summed E-state index contributed by atoms with van der Waals surface area (Å²) in [5, 5.41) is 8.80. The second-order valence-electron chi connectivity index (χ2n) is 9.30. The molecule has 1 aliphatic carbocycles. The van der Waals surface area contributed by atoms with E-state index in [4.69, 9.17) is 24.1 Å². The summed E-state index contributed by atoms with van der Waals surface area (Å²) in [6.07, 6.45) is 4.61. The third kappa shape index (κ3) is 3.88. The van der Waals surface area contributed by atoms with Crippen molar-refractivity contribution in [3.63, 3.8) is 0 Å². The molecular weight excluding hydrogens is 390 g/mol. The average molecular weight is 421 g/mol. The Balaban J connectivity index is 1.43. The van der Waals surface area contributed by atoms with E-state index in [1.165, 1.54) is 10.5 Å². The molecule has 0 aromatic heterocycles. The number of carbonyl (C=O) groups is 2. The van der Waals surface area contributed by atoms with E-state index in [1.807, 2.05) is 0 Å². The molecule has 8 nitrogen and oxygen atoms in total. The minimum absolute atomic E-state index is 0.0176. The first-order valence-corrected chi connectivity index (χ1v) is 10.5. The van der Waals surface area contributed by atoms with E-state index in [2.05, 4.69) is 26.8 Å². The molecule has 1 unspecified atom stereocenters. The molecule has 166 valence electrons. The fourth-order valence-corrected chi connectivity index (χ4v) is 5.11. The van der Waals surface area contributed by atoms with Crippen LogP contribution in [0, 0.1) is 5.92 Å². The molecule has 0 aromatic rings. The topological polar surface area (TPSA) is 101 Å². The van der Waals surface area contributed by atoms with E-state index in [-0.39, 0.29) is 48.5 Å². The SMILES string of the molecule is CO[C@@H]1[C@H](OC(=O)N2CC(=CC(=O)O)C2)CC[C@]2(CO2)[C@H]1[C@@]1(C)OC1CC=C(C)C. The molecule has 30 heavy (non-hydrogen) atoms. The number of amides is 1. The van der Waals surface area contributed by atoms with E-state index in [0.717, 1.165) is 18.9 Å². The number of carboxylic acids is 1. The van der Waals surface area contributed by atoms with Crippen molar-refractivity contribution in [1.82, 2.24) is 4.90 Å². The van der Waals surface area contributed by atoms with Crippen molar-refractivity contribution in [2.75, 3.05) is 26.8 Å². The Labute approximate surface area is 176 Å². The number of ether oxygens (including phenoxy) is 4. The normalized spacial score (nSPS) is 39.2. The van der Waals surface area contributed by atoms with Crippen LogP contribution in [0.2, 0.25) is 0 Å². The monoisotopic (exact) mass is 421 g/mol. The van der Waals surface area contributed by atoms with Gasteiger partial charge in [-0.3, -0.25) is 0 Å². The Morgan fingerprint density at radius 3 is 2.60 bits per heavy atom. The van der Waals surface area contributed by atoms with Crippen molar-refractivity contribution in [3.8, 4) is 0 Å². The van der Waals surface area contributed by atoms with Crippen molar-refractivity contribution in [3.05, 3.63) is 23.3 Å². The van der Waals surface area contributed by atoms with Crippen molar-refractivity contribution in [2.45, 2.75) is 69.5 Å². The minimum atomic E-state index is -0.998.